The minimum absolute atomic E-state index is 0.582. The zero-order valence-electron chi connectivity index (χ0n) is 12.5. The van der Waals surface area contributed by atoms with Crippen molar-refractivity contribution >= 4 is 0 Å². The largest absolute Gasteiger partial charge is 0.493 e. The molecule has 0 heterocycles. The van der Waals surface area contributed by atoms with Crippen molar-refractivity contribution in [1.82, 2.24) is 5.32 Å². The Labute approximate surface area is 112 Å². The molecule has 102 valence electrons. The molecule has 0 bridgehead atoms. The summed E-state index contributed by atoms with van der Waals surface area (Å²) < 4.78 is 5.90. The normalized spacial score (nSPS) is 12.5. The molecule has 1 atom stereocenters. The molecule has 2 heteroatoms. The number of ether oxygens (including phenoxy) is 1. The molecule has 0 saturated carbocycles. The summed E-state index contributed by atoms with van der Waals surface area (Å²) in [5.41, 5.74) is 3.85. The smallest absolute Gasteiger partial charge is 0.122 e. The zero-order valence-corrected chi connectivity index (χ0v) is 12.5. The molecule has 0 radical (unpaired) electrons. The minimum atomic E-state index is 0.582. The van der Waals surface area contributed by atoms with Gasteiger partial charge in [-0.15, -0.1) is 0 Å². The molecule has 0 aliphatic rings. The average molecular weight is 249 g/mol. The lowest BCUT2D eigenvalue weighted by atomic mass is 10.1. The number of benzene rings is 1. The van der Waals surface area contributed by atoms with Crippen LogP contribution in [-0.2, 0) is 0 Å². The lowest BCUT2D eigenvalue weighted by Gasteiger charge is -2.14. The highest BCUT2D eigenvalue weighted by atomic mass is 16.5. The summed E-state index contributed by atoms with van der Waals surface area (Å²) in [5, 5.41) is 3.42. The molecule has 0 fully saturated rings. The maximum atomic E-state index is 5.90. The lowest BCUT2D eigenvalue weighted by molar-refractivity contribution is 0.296. The Morgan fingerprint density at radius 1 is 1.22 bits per heavy atom. The second kappa shape index (κ2) is 7.42. The van der Waals surface area contributed by atoms with Crippen LogP contribution in [0.1, 0.15) is 43.4 Å². The van der Waals surface area contributed by atoms with Crippen LogP contribution in [0.3, 0.4) is 0 Å². The topological polar surface area (TPSA) is 21.3 Å². The van der Waals surface area contributed by atoms with Gasteiger partial charge in [-0.1, -0.05) is 13.0 Å². The van der Waals surface area contributed by atoms with E-state index in [9.17, 15) is 0 Å². The van der Waals surface area contributed by atoms with Crippen LogP contribution in [0.15, 0.2) is 12.1 Å². The molecule has 1 N–H and O–H groups in total. The van der Waals surface area contributed by atoms with E-state index in [1.165, 1.54) is 16.7 Å². The summed E-state index contributed by atoms with van der Waals surface area (Å²) in [6, 6.07) is 4.92. The quantitative estimate of drug-likeness (QED) is 0.743. The first-order valence-electron chi connectivity index (χ1n) is 6.98. The summed E-state index contributed by atoms with van der Waals surface area (Å²) in [6.07, 6.45) is 2.26. The third-order valence-corrected chi connectivity index (χ3v) is 3.36. The molecule has 0 spiro atoms. The Morgan fingerprint density at radius 2 is 1.94 bits per heavy atom. The summed E-state index contributed by atoms with van der Waals surface area (Å²) in [6.45, 7) is 12.6. The fourth-order valence-corrected chi connectivity index (χ4v) is 2.17. The van der Waals surface area contributed by atoms with Crippen LogP contribution < -0.4 is 10.1 Å². The highest BCUT2D eigenvalue weighted by Gasteiger charge is 2.04. The highest BCUT2D eigenvalue weighted by Crippen LogP contribution is 2.23. The SMILES string of the molecule is CCNC(C)CCCOc1cc(C)cc(C)c1C. The molecular formula is C16H27NO. The van der Waals surface area contributed by atoms with Gasteiger partial charge in [0, 0.05) is 6.04 Å². The third-order valence-electron chi connectivity index (χ3n) is 3.36. The van der Waals surface area contributed by atoms with Crippen molar-refractivity contribution in [2.75, 3.05) is 13.2 Å². The first kappa shape index (κ1) is 15.0. The van der Waals surface area contributed by atoms with Crippen LogP contribution in [0, 0.1) is 20.8 Å². The summed E-state index contributed by atoms with van der Waals surface area (Å²) in [4.78, 5) is 0. The fourth-order valence-electron chi connectivity index (χ4n) is 2.17. The number of aryl methyl sites for hydroxylation is 2. The van der Waals surface area contributed by atoms with Gasteiger partial charge in [0.25, 0.3) is 0 Å². The first-order valence-corrected chi connectivity index (χ1v) is 6.98. The Morgan fingerprint density at radius 3 is 2.61 bits per heavy atom. The Kier molecular flexibility index (Phi) is 6.20. The standard InChI is InChI=1S/C16H27NO/c1-6-17-14(4)8-7-9-18-16-11-12(2)10-13(3)15(16)5/h10-11,14,17H,6-9H2,1-5H3. The van der Waals surface area contributed by atoms with Gasteiger partial charge in [0.05, 0.1) is 6.61 Å². The van der Waals surface area contributed by atoms with E-state index in [0.29, 0.717) is 6.04 Å². The molecule has 0 amide bonds. The van der Waals surface area contributed by atoms with E-state index >= 15 is 0 Å². The molecule has 1 aromatic carbocycles. The van der Waals surface area contributed by atoms with E-state index in [-0.39, 0.29) is 0 Å². The van der Waals surface area contributed by atoms with E-state index < -0.39 is 0 Å². The van der Waals surface area contributed by atoms with Crippen LogP contribution in [0.25, 0.3) is 0 Å². The lowest BCUT2D eigenvalue weighted by Crippen LogP contribution is -2.25. The van der Waals surface area contributed by atoms with Gasteiger partial charge in [-0.05, 0) is 69.8 Å². The Bertz CT molecular complexity index is 374. The average Bonchev–Trinajstić information content (AvgIpc) is 2.31. The third kappa shape index (κ3) is 4.69. The van der Waals surface area contributed by atoms with Gasteiger partial charge in [0.15, 0.2) is 0 Å². The van der Waals surface area contributed by atoms with Gasteiger partial charge < -0.3 is 10.1 Å². The van der Waals surface area contributed by atoms with Crippen LogP contribution in [-0.4, -0.2) is 19.2 Å². The zero-order chi connectivity index (χ0) is 13.5. The Balaban J connectivity index is 2.40. The minimum Gasteiger partial charge on any atom is -0.493 e. The van der Waals surface area contributed by atoms with Gasteiger partial charge in [0.2, 0.25) is 0 Å². The molecular weight excluding hydrogens is 222 g/mol. The highest BCUT2D eigenvalue weighted by molar-refractivity contribution is 5.41. The van der Waals surface area contributed by atoms with Crippen LogP contribution in [0.4, 0.5) is 0 Å². The monoisotopic (exact) mass is 249 g/mol. The maximum absolute atomic E-state index is 5.90. The maximum Gasteiger partial charge on any atom is 0.122 e. The molecule has 2 nitrogen and oxygen atoms in total. The van der Waals surface area contributed by atoms with Crippen molar-refractivity contribution < 1.29 is 4.74 Å². The molecule has 1 aromatic rings. The summed E-state index contributed by atoms with van der Waals surface area (Å²) in [7, 11) is 0. The fraction of sp³-hybridized carbons (Fsp3) is 0.625. The van der Waals surface area contributed by atoms with Gasteiger partial charge in [-0.2, -0.15) is 0 Å². The number of hydrogen-bond acceptors (Lipinski definition) is 2. The predicted molar refractivity (Wildman–Crippen MR) is 78.5 cm³/mol. The van der Waals surface area contributed by atoms with Crippen molar-refractivity contribution in [3.05, 3.63) is 28.8 Å². The van der Waals surface area contributed by atoms with E-state index in [1.54, 1.807) is 0 Å². The van der Waals surface area contributed by atoms with Crippen molar-refractivity contribution in [3.63, 3.8) is 0 Å². The van der Waals surface area contributed by atoms with E-state index in [4.69, 9.17) is 4.74 Å². The van der Waals surface area contributed by atoms with Crippen LogP contribution in [0.2, 0.25) is 0 Å². The predicted octanol–water partition coefficient (Wildman–Crippen LogP) is 3.77. The second-order valence-corrected chi connectivity index (χ2v) is 5.15. The molecule has 0 aromatic heterocycles. The number of nitrogens with one attached hydrogen (secondary N) is 1. The molecule has 1 rings (SSSR count). The van der Waals surface area contributed by atoms with E-state index in [0.717, 1.165) is 31.7 Å². The van der Waals surface area contributed by atoms with Gasteiger partial charge in [-0.25, -0.2) is 0 Å². The van der Waals surface area contributed by atoms with Crippen molar-refractivity contribution in [2.45, 2.75) is 53.5 Å². The first-order chi connectivity index (χ1) is 8.54. The molecule has 1 unspecified atom stereocenters. The van der Waals surface area contributed by atoms with Gasteiger partial charge >= 0.3 is 0 Å². The van der Waals surface area contributed by atoms with Gasteiger partial charge in [0.1, 0.15) is 5.75 Å². The molecule has 0 aliphatic carbocycles. The number of hydrogen-bond donors (Lipinski definition) is 1. The molecule has 0 aliphatic heterocycles. The van der Waals surface area contributed by atoms with Crippen LogP contribution in [0.5, 0.6) is 5.75 Å². The van der Waals surface area contributed by atoms with E-state index in [1.807, 2.05) is 0 Å². The van der Waals surface area contributed by atoms with Crippen molar-refractivity contribution in [1.29, 1.82) is 0 Å². The second-order valence-electron chi connectivity index (χ2n) is 5.15. The summed E-state index contributed by atoms with van der Waals surface area (Å²) >= 11 is 0. The van der Waals surface area contributed by atoms with Crippen molar-refractivity contribution in [3.8, 4) is 5.75 Å². The molecule has 18 heavy (non-hydrogen) atoms. The Hall–Kier alpha value is -1.02. The number of rotatable bonds is 7. The summed E-state index contributed by atoms with van der Waals surface area (Å²) in [5.74, 6) is 1.05. The molecule has 0 saturated heterocycles. The van der Waals surface area contributed by atoms with Crippen LogP contribution >= 0.6 is 0 Å². The van der Waals surface area contributed by atoms with Gasteiger partial charge in [-0.3, -0.25) is 0 Å². The van der Waals surface area contributed by atoms with Crippen molar-refractivity contribution in [2.24, 2.45) is 0 Å². The van der Waals surface area contributed by atoms with E-state index in [2.05, 4.69) is 52.1 Å².